The van der Waals surface area contributed by atoms with Crippen LogP contribution in [0.3, 0.4) is 0 Å². The van der Waals surface area contributed by atoms with E-state index in [2.05, 4.69) is 20.5 Å². The zero-order valence-electron chi connectivity index (χ0n) is 12.6. The van der Waals surface area contributed by atoms with Gasteiger partial charge in [0.1, 0.15) is 11.6 Å². The highest BCUT2D eigenvalue weighted by atomic mass is 19.1. The number of benzene rings is 1. The Morgan fingerprint density at radius 2 is 1.90 bits per heavy atom. The number of carbonyl (C=O) groups excluding carboxylic acids is 1. The van der Waals surface area contributed by atoms with E-state index in [-0.39, 0.29) is 29.0 Å². The average molecular weight is 290 g/mol. The third-order valence-corrected chi connectivity index (χ3v) is 3.15. The Labute approximate surface area is 123 Å². The van der Waals surface area contributed by atoms with Crippen LogP contribution in [-0.2, 0) is 0 Å². The molecule has 1 amide bonds. The lowest BCUT2D eigenvalue weighted by molar-refractivity contribution is 0.0891. The van der Waals surface area contributed by atoms with Gasteiger partial charge in [0.15, 0.2) is 0 Å². The van der Waals surface area contributed by atoms with Gasteiger partial charge < -0.3 is 5.32 Å². The molecular weight excluding hydrogens is 271 g/mol. The summed E-state index contributed by atoms with van der Waals surface area (Å²) in [6.07, 6.45) is 0. The van der Waals surface area contributed by atoms with E-state index in [1.165, 1.54) is 12.1 Å². The number of H-pyrrole nitrogens is 1. The first-order valence-electron chi connectivity index (χ1n) is 6.72. The molecule has 0 saturated heterocycles. The van der Waals surface area contributed by atoms with E-state index >= 15 is 0 Å². The third-order valence-electron chi connectivity index (χ3n) is 3.15. The number of aryl methyl sites for hydroxylation is 1. The van der Waals surface area contributed by atoms with Gasteiger partial charge in [-0.15, -0.1) is 5.10 Å². The molecule has 1 aromatic heterocycles. The molecule has 0 aliphatic heterocycles. The summed E-state index contributed by atoms with van der Waals surface area (Å²) in [4.78, 5) is 16.2. The van der Waals surface area contributed by atoms with Crippen molar-refractivity contribution in [1.82, 2.24) is 20.5 Å². The number of carbonyl (C=O) groups is 1. The molecule has 1 atom stereocenters. The Morgan fingerprint density at radius 1 is 1.29 bits per heavy atom. The molecule has 0 aliphatic carbocycles. The SMILES string of the molecule is Cc1nc(C(=O)NC(c2ccc(F)cc2)C(C)(C)C)n[nH]1. The molecule has 0 bridgehead atoms. The Balaban J connectivity index is 2.25. The summed E-state index contributed by atoms with van der Waals surface area (Å²) in [6.45, 7) is 7.74. The lowest BCUT2D eigenvalue weighted by Gasteiger charge is -2.31. The number of hydrogen-bond donors (Lipinski definition) is 2. The zero-order valence-corrected chi connectivity index (χ0v) is 12.6. The highest BCUT2D eigenvalue weighted by molar-refractivity contribution is 5.90. The van der Waals surface area contributed by atoms with Gasteiger partial charge in [0.2, 0.25) is 5.82 Å². The highest BCUT2D eigenvalue weighted by Gasteiger charge is 2.29. The van der Waals surface area contributed by atoms with Gasteiger partial charge in [-0.25, -0.2) is 9.37 Å². The van der Waals surface area contributed by atoms with Crippen molar-refractivity contribution >= 4 is 5.91 Å². The van der Waals surface area contributed by atoms with E-state index < -0.39 is 0 Å². The number of nitrogens with one attached hydrogen (secondary N) is 2. The van der Waals surface area contributed by atoms with Gasteiger partial charge in [-0.05, 0) is 30.0 Å². The lowest BCUT2D eigenvalue weighted by atomic mass is 9.82. The maximum Gasteiger partial charge on any atom is 0.291 e. The lowest BCUT2D eigenvalue weighted by Crippen LogP contribution is -2.37. The maximum absolute atomic E-state index is 13.1. The Bertz CT molecular complexity index is 628. The van der Waals surface area contributed by atoms with Crippen LogP contribution in [0, 0.1) is 18.2 Å². The number of hydrogen-bond acceptors (Lipinski definition) is 3. The molecule has 2 N–H and O–H groups in total. The summed E-state index contributed by atoms with van der Waals surface area (Å²) < 4.78 is 13.1. The van der Waals surface area contributed by atoms with Gasteiger partial charge in [0, 0.05) is 0 Å². The molecule has 1 unspecified atom stereocenters. The predicted molar refractivity (Wildman–Crippen MR) is 77.2 cm³/mol. The molecule has 1 heterocycles. The number of amides is 1. The quantitative estimate of drug-likeness (QED) is 0.913. The normalized spacial score (nSPS) is 13.0. The van der Waals surface area contributed by atoms with Crippen LogP contribution in [0.2, 0.25) is 0 Å². The minimum Gasteiger partial charge on any atom is -0.342 e. The first kappa shape index (κ1) is 15.2. The van der Waals surface area contributed by atoms with Gasteiger partial charge in [-0.1, -0.05) is 32.9 Å². The monoisotopic (exact) mass is 290 g/mol. The topological polar surface area (TPSA) is 70.7 Å². The second kappa shape index (κ2) is 5.63. The second-order valence-electron chi connectivity index (χ2n) is 6.07. The molecule has 0 fully saturated rings. The molecule has 2 rings (SSSR count). The summed E-state index contributed by atoms with van der Waals surface area (Å²) in [5.41, 5.74) is 0.600. The van der Waals surface area contributed by atoms with E-state index in [9.17, 15) is 9.18 Å². The van der Waals surface area contributed by atoms with Crippen molar-refractivity contribution in [1.29, 1.82) is 0 Å². The van der Waals surface area contributed by atoms with Gasteiger partial charge in [0.05, 0.1) is 6.04 Å². The van der Waals surface area contributed by atoms with E-state index in [1.54, 1.807) is 19.1 Å². The van der Waals surface area contributed by atoms with Crippen LogP contribution < -0.4 is 5.32 Å². The third kappa shape index (κ3) is 3.65. The fourth-order valence-electron chi connectivity index (χ4n) is 2.09. The molecular formula is C15H19FN4O. The Hall–Kier alpha value is -2.24. The molecule has 6 heteroatoms. The maximum atomic E-state index is 13.1. The van der Waals surface area contributed by atoms with Crippen LogP contribution in [-0.4, -0.2) is 21.1 Å². The molecule has 0 radical (unpaired) electrons. The van der Waals surface area contributed by atoms with E-state index in [0.717, 1.165) is 5.56 Å². The fraction of sp³-hybridized carbons (Fsp3) is 0.400. The van der Waals surface area contributed by atoms with E-state index in [1.807, 2.05) is 20.8 Å². The molecule has 0 saturated carbocycles. The summed E-state index contributed by atoms with van der Waals surface area (Å²) in [5, 5.41) is 9.40. The predicted octanol–water partition coefficient (Wildman–Crippen LogP) is 2.77. The van der Waals surface area contributed by atoms with E-state index in [0.29, 0.717) is 5.82 Å². The minimum absolute atomic E-state index is 0.101. The van der Waals surface area contributed by atoms with Crippen molar-refractivity contribution in [2.75, 3.05) is 0 Å². The number of nitrogens with zero attached hydrogens (tertiary/aromatic N) is 2. The Kier molecular flexibility index (Phi) is 4.06. The molecule has 112 valence electrons. The van der Waals surface area contributed by atoms with Gasteiger partial charge in [-0.3, -0.25) is 9.89 Å². The molecule has 0 aliphatic rings. The summed E-state index contributed by atoms with van der Waals surface area (Å²) in [7, 11) is 0. The van der Waals surface area contributed by atoms with Crippen LogP contribution in [0.5, 0.6) is 0 Å². The largest absolute Gasteiger partial charge is 0.342 e. The standard InChI is InChI=1S/C15H19FN4O/c1-9-17-13(20-19-9)14(21)18-12(15(2,3)4)10-5-7-11(16)8-6-10/h5-8,12H,1-4H3,(H,18,21)(H,17,19,20). The summed E-state index contributed by atoms with van der Waals surface area (Å²) in [6, 6.07) is 5.85. The van der Waals surface area contributed by atoms with Crippen molar-refractivity contribution in [3.63, 3.8) is 0 Å². The highest BCUT2D eigenvalue weighted by Crippen LogP contribution is 2.32. The Morgan fingerprint density at radius 3 is 2.38 bits per heavy atom. The van der Waals surface area contributed by atoms with Crippen molar-refractivity contribution in [3.05, 3.63) is 47.3 Å². The molecule has 1 aromatic carbocycles. The smallest absolute Gasteiger partial charge is 0.291 e. The van der Waals surface area contributed by atoms with Crippen molar-refractivity contribution < 1.29 is 9.18 Å². The second-order valence-corrected chi connectivity index (χ2v) is 6.07. The number of aromatic amines is 1. The van der Waals surface area contributed by atoms with Gasteiger partial charge in [0.25, 0.3) is 5.91 Å². The first-order valence-corrected chi connectivity index (χ1v) is 6.72. The number of rotatable bonds is 3. The van der Waals surface area contributed by atoms with Crippen LogP contribution in [0.1, 0.15) is 48.8 Å². The molecule has 5 nitrogen and oxygen atoms in total. The van der Waals surface area contributed by atoms with E-state index in [4.69, 9.17) is 0 Å². The van der Waals surface area contributed by atoms with Crippen LogP contribution in [0.4, 0.5) is 4.39 Å². The fourth-order valence-corrected chi connectivity index (χ4v) is 2.09. The van der Waals surface area contributed by atoms with Gasteiger partial charge >= 0.3 is 0 Å². The number of aromatic nitrogens is 3. The minimum atomic E-state index is -0.358. The van der Waals surface area contributed by atoms with Crippen LogP contribution >= 0.6 is 0 Å². The number of halogens is 1. The van der Waals surface area contributed by atoms with Crippen LogP contribution in [0.25, 0.3) is 0 Å². The first-order chi connectivity index (χ1) is 9.77. The molecule has 2 aromatic rings. The molecule has 21 heavy (non-hydrogen) atoms. The van der Waals surface area contributed by atoms with Crippen molar-refractivity contribution in [2.24, 2.45) is 5.41 Å². The van der Waals surface area contributed by atoms with Crippen molar-refractivity contribution in [2.45, 2.75) is 33.7 Å². The average Bonchev–Trinajstić information content (AvgIpc) is 2.82. The summed E-state index contributed by atoms with van der Waals surface area (Å²) >= 11 is 0. The summed E-state index contributed by atoms with van der Waals surface area (Å²) in [5.74, 6) is 0.0176. The van der Waals surface area contributed by atoms with Crippen molar-refractivity contribution in [3.8, 4) is 0 Å². The molecule has 0 spiro atoms. The van der Waals surface area contributed by atoms with Crippen LogP contribution in [0.15, 0.2) is 24.3 Å². The zero-order chi connectivity index (χ0) is 15.6. The van der Waals surface area contributed by atoms with Gasteiger partial charge in [-0.2, -0.15) is 0 Å².